The third kappa shape index (κ3) is 3.70. The van der Waals surface area contributed by atoms with Crippen molar-refractivity contribution in [1.82, 2.24) is 20.0 Å². The number of hydrogen-bond donors (Lipinski definition) is 1. The molecule has 1 aromatic heterocycles. The highest BCUT2D eigenvalue weighted by molar-refractivity contribution is 5.75. The van der Waals surface area contributed by atoms with Crippen molar-refractivity contribution in [3.05, 3.63) is 72.1 Å². The van der Waals surface area contributed by atoms with Gasteiger partial charge in [0.2, 0.25) is 0 Å². The van der Waals surface area contributed by atoms with Crippen LogP contribution in [0.2, 0.25) is 0 Å². The highest BCUT2D eigenvalue weighted by Gasteiger charge is 2.30. The van der Waals surface area contributed by atoms with Gasteiger partial charge in [0.25, 0.3) is 0 Å². The maximum Gasteiger partial charge on any atom is 0.318 e. The fourth-order valence-electron chi connectivity index (χ4n) is 4.13. The van der Waals surface area contributed by atoms with E-state index in [1.165, 1.54) is 0 Å². The predicted octanol–water partition coefficient (Wildman–Crippen LogP) is 3.69. The first-order valence-electron chi connectivity index (χ1n) is 10.3. The van der Waals surface area contributed by atoms with Crippen LogP contribution in [-0.4, -0.2) is 40.5 Å². The predicted molar refractivity (Wildman–Crippen MR) is 112 cm³/mol. The number of carbonyl (C=O) groups excluding carboxylic acids is 1. The second-order valence-electron chi connectivity index (χ2n) is 7.53. The van der Waals surface area contributed by atoms with Gasteiger partial charge >= 0.3 is 6.03 Å². The summed E-state index contributed by atoms with van der Waals surface area (Å²) in [5.41, 5.74) is 3.10. The zero-order valence-electron chi connectivity index (χ0n) is 16.7. The molecule has 3 heterocycles. The molecule has 1 unspecified atom stereocenters. The molecule has 1 N–H and O–H groups in total. The smallest absolute Gasteiger partial charge is 0.318 e. The Morgan fingerprint density at radius 3 is 2.87 bits per heavy atom. The van der Waals surface area contributed by atoms with Crippen LogP contribution in [-0.2, 0) is 6.54 Å². The first kappa shape index (κ1) is 18.5. The number of carbonyl (C=O) groups is 1. The number of hydrogen-bond acceptors (Lipinski definition) is 4. The monoisotopic (exact) mass is 404 g/mol. The van der Waals surface area contributed by atoms with Crippen molar-refractivity contribution >= 4 is 6.03 Å². The number of urea groups is 1. The van der Waals surface area contributed by atoms with E-state index in [-0.39, 0.29) is 12.1 Å². The minimum atomic E-state index is -0.0446. The maximum atomic E-state index is 12.9. The van der Waals surface area contributed by atoms with E-state index in [0.29, 0.717) is 19.8 Å². The van der Waals surface area contributed by atoms with Crippen LogP contribution in [0.15, 0.2) is 60.9 Å². The minimum absolute atomic E-state index is 0.0446. The number of fused-ring (bicyclic) bond motifs is 1. The molecule has 0 bridgehead atoms. The highest BCUT2D eigenvalue weighted by atomic mass is 16.6. The fraction of sp³-hybridized carbons (Fsp3) is 0.304. The molecule has 3 aromatic rings. The summed E-state index contributed by atoms with van der Waals surface area (Å²) < 4.78 is 13.1. The van der Waals surface area contributed by atoms with E-state index in [0.717, 1.165) is 47.7 Å². The van der Waals surface area contributed by atoms with Crippen molar-refractivity contribution in [1.29, 1.82) is 0 Å². The topological polar surface area (TPSA) is 68.6 Å². The van der Waals surface area contributed by atoms with Gasteiger partial charge in [0.15, 0.2) is 11.5 Å². The normalized spacial score (nSPS) is 17.7. The van der Waals surface area contributed by atoms with Crippen LogP contribution in [0.4, 0.5) is 4.79 Å². The molecule has 2 aromatic carbocycles. The van der Waals surface area contributed by atoms with Crippen molar-refractivity contribution in [2.75, 3.05) is 19.8 Å². The summed E-state index contributed by atoms with van der Waals surface area (Å²) in [6.45, 7) is 2.35. The van der Waals surface area contributed by atoms with Crippen LogP contribution in [0.25, 0.3) is 5.69 Å². The fourth-order valence-corrected chi connectivity index (χ4v) is 4.13. The van der Waals surface area contributed by atoms with Gasteiger partial charge in [-0.05, 0) is 54.3 Å². The molecule has 0 aliphatic carbocycles. The van der Waals surface area contributed by atoms with Gasteiger partial charge in [-0.25, -0.2) is 9.48 Å². The Bertz CT molecular complexity index is 1030. The molecule has 2 amide bonds. The van der Waals surface area contributed by atoms with E-state index in [9.17, 15) is 4.79 Å². The maximum absolute atomic E-state index is 12.9. The molecule has 7 nitrogen and oxygen atoms in total. The Balaban J connectivity index is 1.26. The van der Waals surface area contributed by atoms with Gasteiger partial charge in [0.05, 0.1) is 11.7 Å². The molecule has 1 saturated heterocycles. The van der Waals surface area contributed by atoms with Gasteiger partial charge in [0.1, 0.15) is 13.2 Å². The van der Waals surface area contributed by atoms with Gasteiger partial charge in [-0.3, -0.25) is 0 Å². The molecule has 2 aliphatic heterocycles. The number of ether oxygens (including phenoxy) is 2. The van der Waals surface area contributed by atoms with Crippen molar-refractivity contribution in [3.63, 3.8) is 0 Å². The van der Waals surface area contributed by atoms with Gasteiger partial charge in [-0.2, -0.15) is 5.10 Å². The number of nitrogens with zero attached hydrogens (tertiary/aromatic N) is 3. The second-order valence-corrected chi connectivity index (χ2v) is 7.53. The summed E-state index contributed by atoms with van der Waals surface area (Å²) in [4.78, 5) is 14.9. The van der Waals surface area contributed by atoms with E-state index in [2.05, 4.69) is 10.4 Å². The SMILES string of the molecule is O=C(NCc1cccc(-n2cccn2)c1)N1CCCC1c1ccc2c(c1)OCCO2. The lowest BCUT2D eigenvalue weighted by Crippen LogP contribution is -2.39. The molecule has 154 valence electrons. The van der Waals surface area contributed by atoms with Crippen LogP contribution < -0.4 is 14.8 Å². The highest BCUT2D eigenvalue weighted by Crippen LogP contribution is 2.38. The van der Waals surface area contributed by atoms with Crippen LogP contribution in [0.1, 0.15) is 30.0 Å². The summed E-state index contributed by atoms with van der Waals surface area (Å²) in [6, 6.07) is 15.9. The number of likely N-dealkylation sites (tertiary alicyclic amines) is 1. The average molecular weight is 404 g/mol. The summed E-state index contributed by atoms with van der Waals surface area (Å²) >= 11 is 0. The van der Waals surface area contributed by atoms with E-state index < -0.39 is 0 Å². The number of rotatable bonds is 4. The van der Waals surface area contributed by atoms with Crippen molar-refractivity contribution < 1.29 is 14.3 Å². The number of aromatic nitrogens is 2. The minimum Gasteiger partial charge on any atom is -0.486 e. The van der Waals surface area contributed by atoms with Gasteiger partial charge in [0, 0.05) is 25.5 Å². The molecule has 5 rings (SSSR count). The van der Waals surface area contributed by atoms with Crippen LogP contribution in [0, 0.1) is 0 Å². The standard InChI is InChI=1S/C23H24N4O3/c28-23(24-16-17-4-1-5-19(14-17)27-11-3-9-25-27)26-10-2-6-20(26)18-7-8-21-22(15-18)30-13-12-29-21/h1,3-5,7-9,11,14-15,20H,2,6,10,12-13,16H2,(H,24,28). The zero-order chi connectivity index (χ0) is 20.3. The number of nitrogens with one attached hydrogen (secondary N) is 1. The zero-order valence-corrected chi connectivity index (χ0v) is 16.7. The number of benzene rings is 2. The molecule has 1 fully saturated rings. The summed E-state index contributed by atoms with van der Waals surface area (Å²) in [5, 5.41) is 7.34. The molecule has 30 heavy (non-hydrogen) atoms. The third-order valence-electron chi connectivity index (χ3n) is 5.59. The summed E-state index contributed by atoms with van der Waals surface area (Å²) in [6.07, 6.45) is 5.59. The van der Waals surface area contributed by atoms with E-state index in [1.807, 2.05) is 64.3 Å². The van der Waals surface area contributed by atoms with E-state index in [1.54, 1.807) is 6.20 Å². The Kier molecular flexibility index (Phi) is 5.01. The van der Waals surface area contributed by atoms with Gasteiger partial charge in [-0.1, -0.05) is 18.2 Å². The lowest BCUT2D eigenvalue weighted by Gasteiger charge is -2.27. The first-order chi connectivity index (χ1) is 14.8. The Labute approximate surface area is 175 Å². The lowest BCUT2D eigenvalue weighted by molar-refractivity contribution is 0.170. The average Bonchev–Trinajstić information content (AvgIpc) is 3.50. The Hall–Kier alpha value is -3.48. The molecular weight excluding hydrogens is 380 g/mol. The lowest BCUT2D eigenvalue weighted by atomic mass is 10.0. The molecular formula is C23H24N4O3. The molecule has 0 spiro atoms. The molecule has 1 atom stereocenters. The first-order valence-corrected chi connectivity index (χ1v) is 10.3. The van der Waals surface area contributed by atoms with Crippen LogP contribution in [0.3, 0.4) is 0 Å². The molecule has 0 saturated carbocycles. The van der Waals surface area contributed by atoms with Crippen molar-refractivity contribution in [2.45, 2.75) is 25.4 Å². The van der Waals surface area contributed by atoms with Gasteiger partial charge in [-0.15, -0.1) is 0 Å². The van der Waals surface area contributed by atoms with Crippen molar-refractivity contribution in [2.24, 2.45) is 0 Å². The van der Waals surface area contributed by atoms with Crippen LogP contribution >= 0.6 is 0 Å². The largest absolute Gasteiger partial charge is 0.486 e. The van der Waals surface area contributed by atoms with Gasteiger partial charge < -0.3 is 19.7 Å². The van der Waals surface area contributed by atoms with Crippen LogP contribution in [0.5, 0.6) is 11.5 Å². The molecule has 7 heteroatoms. The Morgan fingerprint density at radius 1 is 1.10 bits per heavy atom. The van der Waals surface area contributed by atoms with Crippen molar-refractivity contribution in [3.8, 4) is 17.2 Å². The quantitative estimate of drug-likeness (QED) is 0.720. The molecule has 0 radical (unpaired) electrons. The summed E-state index contributed by atoms with van der Waals surface area (Å²) in [7, 11) is 0. The van der Waals surface area contributed by atoms with E-state index in [4.69, 9.17) is 9.47 Å². The van der Waals surface area contributed by atoms with E-state index >= 15 is 0 Å². The summed E-state index contributed by atoms with van der Waals surface area (Å²) in [5.74, 6) is 1.54. The molecule has 2 aliphatic rings. The number of amides is 2. The third-order valence-corrected chi connectivity index (χ3v) is 5.59. The Morgan fingerprint density at radius 2 is 2.00 bits per heavy atom. The second kappa shape index (κ2) is 8.10.